The van der Waals surface area contributed by atoms with E-state index in [1.807, 2.05) is 6.92 Å². The van der Waals surface area contributed by atoms with Gasteiger partial charge in [-0.05, 0) is 71.3 Å². The number of unbranched alkanes of at least 4 members (excludes halogenated alkanes) is 1. The molecule has 0 saturated carbocycles. The van der Waals surface area contributed by atoms with Gasteiger partial charge in [-0.25, -0.2) is 4.68 Å². The molecule has 12 atom stereocenters. The SMILES string of the molecule is C=C(C)[C@H](NC(=O)[C@@H](CCCCNC(=O)COC1CCCCCc2c1nnn2[C@@H]1C[C@@H](O)[C@H](O[C@@H]2C[C@@H](O)[C@H](O)[C@@H](CO)O2)[C@@H](CO)O1)NC(=O)CCOCCOCCOCCOCCC)C(=O)N[C@@H](C)C(C)=O. The Morgan fingerprint density at radius 3 is 2.12 bits per heavy atom. The first-order valence-corrected chi connectivity index (χ1v) is 26.0. The third-order valence-electron chi connectivity index (χ3n) is 12.8. The normalized spacial score (nSPS) is 25.3. The maximum absolute atomic E-state index is 13.7. The number of nitrogens with zero attached hydrogens (tertiary/aromatic N) is 3. The molecule has 25 heteroatoms. The fraction of sp³-hybridized carbons (Fsp3) is 0.816. The zero-order valence-corrected chi connectivity index (χ0v) is 43.5. The lowest BCUT2D eigenvalue weighted by Crippen LogP contribution is -2.55. The third-order valence-corrected chi connectivity index (χ3v) is 12.8. The zero-order chi connectivity index (χ0) is 54.0. The van der Waals surface area contributed by atoms with Crippen LogP contribution in [-0.2, 0) is 68.3 Å². The molecular formula is C49H83N7O18. The average molecular weight is 1060 g/mol. The highest BCUT2D eigenvalue weighted by Gasteiger charge is 2.45. The second-order valence-electron chi connectivity index (χ2n) is 18.9. The van der Waals surface area contributed by atoms with Gasteiger partial charge in [0, 0.05) is 32.4 Å². The Morgan fingerprint density at radius 2 is 1.47 bits per heavy atom. The molecule has 4 rings (SSSR count). The number of ketones is 1. The summed E-state index contributed by atoms with van der Waals surface area (Å²) in [5, 5.41) is 71.1. The third kappa shape index (κ3) is 20.8. The summed E-state index contributed by atoms with van der Waals surface area (Å²) in [5.41, 5.74) is 1.54. The molecule has 4 amide bonds. The van der Waals surface area contributed by atoms with E-state index in [-0.39, 0.29) is 57.8 Å². The van der Waals surface area contributed by atoms with E-state index in [4.69, 9.17) is 37.9 Å². The smallest absolute Gasteiger partial charge is 0.247 e. The second-order valence-corrected chi connectivity index (χ2v) is 18.9. The number of amides is 4. The highest BCUT2D eigenvalue weighted by atomic mass is 16.7. The molecule has 74 heavy (non-hydrogen) atoms. The highest BCUT2D eigenvalue weighted by Crippen LogP contribution is 2.36. The standard InChI is InChI=1S/C49H83N7O18/c1-6-17-67-19-21-69-23-24-70-22-20-68-18-15-40(62)52-33(48(65)53-44(30(2)3)49(66)51-31(4)32(5)59)12-10-11-16-50-41(63)29-71-37-14-9-7-8-13-34-45(37)54-55-56(34)42-25-36(61)47(39(28-58)72-42)74-43-26-35(60)46(64)38(27-57)73-43/h31,33,35-39,42-44,46-47,57-58,60-61,64H,2,6-29H2,1,3-5H3,(H,50,63)(H,51,66)(H,52,62)(H,53,65)/t31-,33+,35+,36+,37?,38+,39+,42-,43+,44-,46-,47-/m0/s1. The minimum Gasteiger partial charge on any atom is -0.394 e. The fourth-order valence-corrected chi connectivity index (χ4v) is 8.47. The predicted molar refractivity (Wildman–Crippen MR) is 262 cm³/mol. The molecule has 1 aromatic rings. The monoisotopic (exact) mass is 1060 g/mol. The highest BCUT2D eigenvalue weighted by molar-refractivity contribution is 5.95. The van der Waals surface area contributed by atoms with Crippen LogP contribution >= 0.6 is 0 Å². The van der Waals surface area contributed by atoms with Crippen molar-refractivity contribution in [3.8, 4) is 0 Å². The van der Waals surface area contributed by atoms with E-state index in [0.717, 1.165) is 25.7 Å². The number of hydrogen-bond acceptors (Lipinski definition) is 20. The molecule has 0 radical (unpaired) electrons. The molecule has 1 unspecified atom stereocenters. The van der Waals surface area contributed by atoms with Crippen LogP contribution in [-0.4, -0.2) is 210 Å². The van der Waals surface area contributed by atoms with E-state index in [0.29, 0.717) is 82.3 Å². The van der Waals surface area contributed by atoms with E-state index in [2.05, 4.69) is 38.2 Å². The van der Waals surface area contributed by atoms with Crippen LogP contribution in [0.15, 0.2) is 12.2 Å². The molecule has 2 aliphatic heterocycles. The van der Waals surface area contributed by atoms with Crippen molar-refractivity contribution in [3.05, 3.63) is 23.5 Å². The van der Waals surface area contributed by atoms with Crippen LogP contribution in [0.4, 0.5) is 0 Å². The summed E-state index contributed by atoms with van der Waals surface area (Å²) >= 11 is 0. The van der Waals surface area contributed by atoms with Gasteiger partial charge >= 0.3 is 0 Å². The number of hydrogen-bond donors (Lipinski definition) is 9. The van der Waals surface area contributed by atoms with Crippen LogP contribution in [0.3, 0.4) is 0 Å². The van der Waals surface area contributed by atoms with Crippen molar-refractivity contribution >= 4 is 29.4 Å². The van der Waals surface area contributed by atoms with E-state index < -0.39 is 110 Å². The van der Waals surface area contributed by atoms with Gasteiger partial charge < -0.3 is 84.7 Å². The largest absolute Gasteiger partial charge is 0.394 e. The number of fused-ring (bicyclic) bond motifs is 1. The van der Waals surface area contributed by atoms with Crippen LogP contribution in [0.2, 0.25) is 0 Å². The Bertz CT molecular complexity index is 1880. The maximum atomic E-state index is 13.7. The molecule has 9 N–H and O–H groups in total. The van der Waals surface area contributed by atoms with Gasteiger partial charge in [-0.15, -0.1) is 5.10 Å². The number of carbonyl (C=O) groups is 5. The first-order valence-electron chi connectivity index (χ1n) is 26.0. The summed E-state index contributed by atoms with van der Waals surface area (Å²) in [6.45, 7) is 12.2. The van der Waals surface area contributed by atoms with Gasteiger partial charge in [-0.2, -0.15) is 0 Å². The van der Waals surface area contributed by atoms with Crippen LogP contribution in [0, 0.1) is 0 Å². The van der Waals surface area contributed by atoms with Crippen molar-refractivity contribution in [2.45, 2.75) is 178 Å². The molecule has 3 heterocycles. The van der Waals surface area contributed by atoms with Crippen molar-refractivity contribution in [1.82, 2.24) is 36.3 Å². The lowest BCUT2D eigenvalue weighted by Gasteiger charge is -2.43. The molecule has 0 aromatic carbocycles. The van der Waals surface area contributed by atoms with E-state index in [1.54, 1.807) is 11.6 Å². The van der Waals surface area contributed by atoms with Crippen molar-refractivity contribution in [2.24, 2.45) is 0 Å². The number of Topliss-reactive ketones (excluding diaryl/α,β-unsaturated/α-hetero) is 1. The predicted octanol–water partition coefficient (Wildman–Crippen LogP) is -0.900. The van der Waals surface area contributed by atoms with E-state index in [1.165, 1.54) is 13.8 Å². The molecule has 1 aliphatic carbocycles. The Morgan fingerprint density at radius 1 is 0.797 bits per heavy atom. The number of carbonyl (C=O) groups excluding carboxylic acids is 5. The molecule has 422 valence electrons. The van der Waals surface area contributed by atoms with Crippen molar-refractivity contribution in [1.29, 1.82) is 0 Å². The Balaban J connectivity index is 1.27. The Hall–Kier alpha value is -4.09. The number of nitrogens with one attached hydrogen (secondary N) is 4. The van der Waals surface area contributed by atoms with Crippen molar-refractivity contribution in [2.75, 3.05) is 79.2 Å². The summed E-state index contributed by atoms with van der Waals surface area (Å²) in [4.78, 5) is 64.7. The molecule has 1 aromatic heterocycles. The summed E-state index contributed by atoms with van der Waals surface area (Å²) in [7, 11) is 0. The molecule has 3 aliphatic rings. The fourth-order valence-electron chi connectivity index (χ4n) is 8.47. The Kier molecular flexibility index (Phi) is 28.6. The molecule has 0 bridgehead atoms. The summed E-state index contributed by atoms with van der Waals surface area (Å²) in [6.07, 6.45) is -4.13. The minimum absolute atomic E-state index is 0.00296. The van der Waals surface area contributed by atoms with Gasteiger partial charge in [0.1, 0.15) is 54.9 Å². The molecule has 0 spiro atoms. The van der Waals surface area contributed by atoms with Crippen LogP contribution < -0.4 is 21.3 Å². The summed E-state index contributed by atoms with van der Waals surface area (Å²) in [6, 6.07) is -3.04. The summed E-state index contributed by atoms with van der Waals surface area (Å²) in [5.74, 6) is -2.39. The van der Waals surface area contributed by atoms with Gasteiger partial charge in [0.2, 0.25) is 23.6 Å². The van der Waals surface area contributed by atoms with Crippen molar-refractivity contribution < 1.29 is 87.4 Å². The lowest BCUT2D eigenvalue weighted by molar-refractivity contribution is -0.308. The lowest BCUT2D eigenvalue weighted by atomic mass is 9.97. The van der Waals surface area contributed by atoms with E-state index in [9.17, 15) is 49.5 Å². The van der Waals surface area contributed by atoms with Crippen LogP contribution in [0.25, 0.3) is 0 Å². The average Bonchev–Trinajstić information content (AvgIpc) is 3.77. The first-order chi connectivity index (χ1) is 35.6. The number of aliphatic hydroxyl groups is 5. The Labute approximate surface area is 433 Å². The second kappa shape index (κ2) is 33.8. The van der Waals surface area contributed by atoms with Crippen LogP contribution in [0.5, 0.6) is 0 Å². The maximum Gasteiger partial charge on any atom is 0.247 e. The number of rotatable bonds is 34. The molecule has 2 fully saturated rings. The zero-order valence-electron chi connectivity index (χ0n) is 43.5. The van der Waals surface area contributed by atoms with Gasteiger partial charge in [-0.3, -0.25) is 24.0 Å². The summed E-state index contributed by atoms with van der Waals surface area (Å²) < 4.78 is 47.3. The van der Waals surface area contributed by atoms with Gasteiger partial charge in [0.25, 0.3) is 0 Å². The van der Waals surface area contributed by atoms with Gasteiger partial charge in [0.05, 0.1) is 83.4 Å². The van der Waals surface area contributed by atoms with E-state index >= 15 is 0 Å². The molecule has 25 nitrogen and oxygen atoms in total. The molecular weight excluding hydrogens is 975 g/mol. The minimum atomic E-state index is -1.32. The van der Waals surface area contributed by atoms with Gasteiger partial charge in [0.15, 0.2) is 18.3 Å². The number of ether oxygens (including phenoxy) is 8. The first kappa shape index (κ1) is 62.4. The quantitative estimate of drug-likeness (QED) is 0.0298. The van der Waals surface area contributed by atoms with Crippen LogP contribution in [0.1, 0.15) is 122 Å². The topological polar surface area (TPSA) is 339 Å². The number of aliphatic hydroxyl groups excluding tert-OH is 5. The van der Waals surface area contributed by atoms with Crippen molar-refractivity contribution in [3.63, 3.8) is 0 Å². The molecule has 2 saturated heterocycles. The number of aromatic nitrogens is 3. The van der Waals surface area contributed by atoms with Gasteiger partial charge in [-0.1, -0.05) is 31.6 Å².